The molecule has 0 fully saturated rings. The average Bonchev–Trinajstić information content (AvgIpc) is 2.56. The van der Waals surface area contributed by atoms with Gasteiger partial charge in [0.05, 0.1) is 12.2 Å². The van der Waals surface area contributed by atoms with Gasteiger partial charge in [-0.3, -0.25) is 4.79 Å². The number of aliphatic hydroxyl groups excluding tert-OH is 1. The minimum absolute atomic E-state index is 0.0628. The van der Waals surface area contributed by atoms with E-state index in [2.05, 4.69) is 5.32 Å². The van der Waals surface area contributed by atoms with Crippen LogP contribution in [0.4, 0.5) is 5.69 Å². The fourth-order valence-corrected chi connectivity index (χ4v) is 2.36. The number of hydrogen-bond donors (Lipinski definition) is 2. The monoisotopic (exact) mass is 322 g/mol. The fraction of sp³-hybridized carbons (Fsp3) is 0.588. The normalized spacial score (nSPS) is 15.1. The first-order valence-corrected chi connectivity index (χ1v) is 8.12. The number of carbonyl (C=O) groups is 1. The number of anilines is 1. The Hall–Kier alpha value is -1.79. The highest BCUT2D eigenvalue weighted by molar-refractivity contribution is 5.95. The Kier molecular flexibility index (Phi) is 6.24. The smallest absolute Gasteiger partial charge is 0.226 e. The van der Waals surface area contributed by atoms with Gasteiger partial charge in [0.15, 0.2) is 0 Å². The molecule has 0 spiro atoms. The third-order valence-electron chi connectivity index (χ3n) is 3.60. The molecule has 0 radical (unpaired) electrons. The molecule has 2 N–H and O–H groups in total. The van der Waals surface area contributed by atoms with Crippen LogP contribution in [0, 0.1) is 0 Å². The molecule has 2 rings (SSSR count). The number of benzene rings is 1. The van der Waals surface area contributed by atoms with Crippen molar-refractivity contribution in [3.8, 4) is 11.5 Å². The second-order valence-corrected chi connectivity index (χ2v) is 5.90. The van der Waals surface area contributed by atoms with Crippen molar-refractivity contribution in [1.82, 2.24) is 5.32 Å². The van der Waals surface area contributed by atoms with Crippen LogP contribution in [0.1, 0.15) is 27.2 Å². The van der Waals surface area contributed by atoms with Crippen LogP contribution in [0.2, 0.25) is 0 Å². The fourth-order valence-electron chi connectivity index (χ4n) is 2.36. The van der Waals surface area contributed by atoms with E-state index in [1.807, 2.05) is 20.8 Å². The Morgan fingerprint density at radius 2 is 2.26 bits per heavy atom. The molecule has 0 saturated carbocycles. The SMILES string of the molecule is CCC(=O)N1CCOc2ccc(OCC(O)CNC(C)C)cc21. The second-order valence-electron chi connectivity index (χ2n) is 5.90. The van der Waals surface area contributed by atoms with Gasteiger partial charge in [-0.15, -0.1) is 0 Å². The molecule has 1 unspecified atom stereocenters. The molecule has 0 aromatic heterocycles. The number of nitrogens with zero attached hydrogens (tertiary/aromatic N) is 1. The maximum Gasteiger partial charge on any atom is 0.226 e. The van der Waals surface area contributed by atoms with E-state index in [0.29, 0.717) is 43.7 Å². The van der Waals surface area contributed by atoms with Gasteiger partial charge >= 0.3 is 0 Å². The van der Waals surface area contributed by atoms with Gasteiger partial charge in [-0.05, 0) is 12.1 Å². The highest BCUT2D eigenvalue weighted by Gasteiger charge is 2.23. The molecule has 1 atom stereocenters. The van der Waals surface area contributed by atoms with Crippen molar-refractivity contribution < 1.29 is 19.4 Å². The van der Waals surface area contributed by atoms with E-state index in [9.17, 15) is 9.90 Å². The van der Waals surface area contributed by atoms with Crippen LogP contribution < -0.4 is 19.7 Å². The lowest BCUT2D eigenvalue weighted by atomic mass is 10.2. The van der Waals surface area contributed by atoms with E-state index >= 15 is 0 Å². The number of ether oxygens (including phenoxy) is 2. The Morgan fingerprint density at radius 3 is 2.96 bits per heavy atom. The van der Waals surface area contributed by atoms with Crippen molar-refractivity contribution in [2.75, 3.05) is 31.2 Å². The minimum atomic E-state index is -0.585. The Bertz CT molecular complexity index is 533. The predicted octanol–water partition coefficient (Wildman–Crippen LogP) is 1.56. The average molecular weight is 322 g/mol. The second kappa shape index (κ2) is 8.17. The molecule has 1 aliphatic rings. The van der Waals surface area contributed by atoms with Gasteiger partial charge in [-0.1, -0.05) is 20.8 Å². The van der Waals surface area contributed by atoms with Crippen molar-refractivity contribution in [2.45, 2.75) is 39.3 Å². The maximum atomic E-state index is 12.0. The van der Waals surface area contributed by atoms with Crippen molar-refractivity contribution in [3.05, 3.63) is 18.2 Å². The van der Waals surface area contributed by atoms with Crippen LogP contribution in [0.15, 0.2) is 18.2 Å². The molecule has 0 saturated heterocycles. The van der Waals surface area contributed by atoms with Gasteiger partial charge < -0.3 is 24.8 Å². The van der Waals surface area contributed by atoms with Crippen LogP contribution in [-0.2, 0) is 4.79 Å². The first-order chi connectivity index (χ1) is 11.0. The van der Waals surface area contributed by atoms with Crippen LogP contribution >= 0.6 is 0 Å². The van der Waals surface area contributed by atoms with E-state index in [-0.39, 0.29) is 12.5 Å². The van der Waals surface area contributed by atoms with Crippen LogP contribution in [-0.4, -0.2) is 49.5 Å². The standard InChI is InChI=1S/C17H26N2O4/c1-4-17(21)19-7-8-22-16-6-5-14(9-15(16)19)23-11-13(20)10-18-12(2)3/h5-6,9,12-13,18,20H,4,7-8,10-11H2,1-3H3. The summed E-state index contributed by atoms with van der Waals surface area (Å²) in [6.45, 7) is 7.61. The van der Waals surface area contributed by atoms with Crippen LogP contribution in [0.25, 0.3) is 0 Å². The van der Waals surface area contributed by atoms with Gasteiger partial charge in [0, 0.05) is 25.1 Å². The molecular formula is C17H26N2O4. The lowest BCUT2D eigenvalue weighted by molar-refractivity contribution is -0.118. The third kappa shape index (κ3) is 4.84. The quantitative estimate of drug-likeness (QED) is 0.797. The first-order valence-electron chi connectivity index (χ1n) is 8.12. The number of amides is 1. The Morgan fingerprint density at radius 1 is 1.48 bits per heavy atom. The summed E-state index contributed by atoms with van der Waals surface area (Å²) >= 11 is 0. The summed E-state index contributed by atoms with van der Waals surface area (Å²) in [4.78, 5) is 13.8. The minimum Gasteiger partial charge on any atom is -0.491 e. The van der Waals surface area contributed by atoms with Crippen molar-refractivity contribution in [2.24, 2.45) is 0 Å². The van der Waals surface area contributed by atoms with E-state index in [0.717, 1.165) is 5.69 Å². The van der Waals surface area contributed by atoms with Gasteiger partial charge in [0.25, 0.3) is 0 Å². The summed E-state index contributed by atoms with van der Waals surface area (Å²) in [5.41, 5.74) is 0.732. The summed E-state index contributed by atoms with van der Waals surface area (Å²) in [5, 5.41) is 13.1. The molecule has 1 aliphatic heterocycles. The number of rotatable bonds is 7. The lowest BCUT2D eigenvalue weighted by Gasteiger charge is -2.29. The zero-order chi connectivity index (χ0) is 16.8. The number of carbonyl (C=O) groups excluding carboxylic acids is 1. The molecular weight excluding hydrogens is 296 g/mol. The Labute approximate surface area is 137 Å². The molecule has 0 aliphatic carbocycles. The number of fused-ring (bicyclic) bond motifs is 1. The van der Waals surface area contributed by atoms with Gasteiger partial charge in [0.2, 0.25) is 5.91 Å². The number of aliphatic hydroxyl groups is 1. The third-order valence-corrected chi connectivity index (χ3v) is 3.60. The molecule has 1 heterocycles. The van der Waals surface area contributed by atoms with Gasteiger partial charge in [0.1, 0.15) is 30.8 Å². The molecule has 1 aromatic carbocycles. The summed E-state index contributed by atoms with van der Waals surface area (Å²) in [5.74, 6) is 1.37. The predicted molar refractivity (Wildman–Crippen MR) is 89.2 cm³/mol. The topological polar surface area (TPSA) is 71.0 Å². The van der Waals surface area contributed by atoms with E-state index in [1.54, 1.807) is 23.1 Å². The summed E-state index contributed by atoms with van der Waals surface area (Å²) in [7, 11) is 0. The van der Waals surface area contributed by atoms with Gasteiger partial charge in [-0.25, -0.2) is 0 Å². The molecule has 1 amide bonds. The highest BCUT2D eigenvalue weighted by atomic mass is 16.5. The van der Waals surface area contributed by atoms with Crippen molar-refractivity contribution in [3.63, 3.8) is 0 Å². The van der Waals surface area contributed by atoms with E-state index in [4.69, 9.17) is 9.47 Å². The summed E-state index contributed by atoms with van der Waals surface area (Å²) in [6, 6.07) is 5.71. The summed E-state index contributed by atoms with van der Waals surface area (Å²) in [6.07, 6.45) is -0.137. The maximum absolute atomic E-state index is 12.0. The molecule has 0 bridgehead atoms. The Balaban J connectivity index is 2.00. The van der Waals surface area contributed by atoms with E-state index in [1.165, 1.54) is 0 Å². The largest absolute Gasteiger partial charge is 0.491 e. The van der Waals surface area contributed by atoms with Crippen molar-refractivity contribution >= 4 is 11.6 Å². The molecule has 6 nitrogen and oxygen atoms in total. The van der Waals surface area contributed by atoms with Crippen molar-refractivity contribution in [1.29, 1.82) is 0 Å². The number of nitrogens with one attached hydrogen (secondary N) is 1. The lowest BCUT2D eigenvalue weighted by Crippen LogP contribution is -2.37. The molecule has 128 valence electrons. The molecule has 23 heavy (non-hydrogen) atoms. The highest BCUT2D eigenvalue weighted by Crippen LogP contribution is 2.35. The first kappa shape index (κ1) is 17.6. The zero-order valence-corrected chi connectivity index (χ0v) is 14.0. The number of hydrogen-bond acceptors (Lipinski definition) is 5. The zero-order valence-electron chi connectivity index (χ0n) is 14.0. The van der Waals surface area contributed by atoms with Crippen LogP contribution in [0.3, 0.4) is 0 Å². The molecule has 6 heteroatoms. The molecule has 1 aromatic rings. The van der Waals surface area contributed by atoms with E-state index < -0.39 is 6.10 Å². The van der Waals surface area contributed by atoms with Gasteiger partial charge in [-0.2, -0.15) is 0 Å². The van der Waals surface area contributed by atoms with Crippen LogP contribution in [0.5, 0.6) is 11.5 Å². The summed E-state index contributed by atoms with van der Waals surface area (Å²) < 4.78 is 11.2.